The van der Waals surface area contributed by atoms with Crippen LogP contribution in [0, 0.1) is 11.8 Å². The summed E-state index contributed by atoms with van der Waals surface area (Å²) in [6.07, 6.45) is 5.17. The van der Waals surface area contributed by atoms with Crippen molar-refractivity contribution in [2.45, 2.75) is 35.9 Å². The number of ether oxygens (including phenoxy) is 3. The van der Waals surface area contributed by atoms with Crippen molar-refractivity contribution in [3.05, 3.63) is 54.3 Å². The molecule has 1 aromatic rings. The smallest absolute Gasteiger partial charge is 0.338 e. The van der Waals surface area contributed by atoms with E-state index in [2.05, 4.69) is 0 Å². The molecule has 0 radical (unpaired) electrons. The van der Waals surface area contributed by atoms with Crippen LogP contribution in [0.5, 0.6) is 0 Å². The first-order valence-corrected chi connectivity index (χ1v) is 9.17. The number of hydrogen-bond acceptors (Lipinski definition) is 6. The standard InChI is InChI=1S/C19H18O5S/c1-11-16(25-12-6-3-2-4-7-12)19(24-17(11)20)22-10-14-13-8-5-9-15(13)23-18(14)21/h2-7,9-11,13,15-16,19H,8H2,1H3/b14-10+/t11-,13-,15-,16+,19+/m0/s1. The van der Waals surface area contributed by atoms with Gasteiger partial charge in [0.1, 0.15) is 6.10 Å². The summed E-state index contributed by atoms with van der Waals surface area (Å²) in [5.74, 6) is -0.928. The average molecular weight is 358 g/mol. The fraction of sp³-hybridized carbons (Fsp3) is 0.368. The van der Waals surface area contributed by atoms with E-state index in [9.17, 15) is 9.59 Å². The summed E-state index contributed by atoms with van der Waals surface area (Å²) in [6, 6.07) is 9.81. The highest BCUT2D eigenvalue weighted by Gasteiger charge is 2.45. The second-order valence-electron chi connectivity index (χ2n) is 6.34. The third-order valence-corrected chi connectivity index (χ3v) is 6.15. The van der Waals surface area contributed by atoms with Crippen molar-refractivity contribution in [3.8, 4) is 0 Å². The zero-order valence-electron chi connectivity index (χ0n) is 13.7. The lowest BCUT2D eigenvalue weighted by atomic mass is 9.99. The minimum Gasteiger partial charge on any atom is -0.461 e. The number of hydrogen-bond donors (Lipinski definition) is 0. The average Bonchev–Trinajstić information content (AvgIpc) is 3.24. The molecule has 0 aromatic heterocycles. The summed E-state index contributed by atoms with van der Waals surface area (Å²) in [6.45, 7) is 1.83. The lowest BCUT2D eigenvalue weighted by Crippen LogP contribution is -2.24. The van der Waals surface area contributed by atoms with Gasteiger partial charge in [-0.2, -0.15) is 0 Å². The third kappa shape index (κ3) is 3.06. The lowest BCUT2D eigenvalue weighted by molar-refractivity contribution is -0.156. The highest BCUT2D eigenvalue weighted by Crippen LogP contribution is 2.39. The quantitative estimate of drug-likeness (QED) is 0.357. The Labute approximate surface area is 150 Å². The predicted octanol–water partition coefficient (Wildman–Crippen LogP) is 3.07. The minimum atomic E-state index is -0.721. The van der Waals surface area contributed by atoms with E-state index in [4.69, 9.17) is 14.2 Å². The highest BCUT2D eigenvalue weighted by atomic mass is 32.2. The van der Waals surface area contributed by atoms with Crippen molar-refractivity contribution >= 4 is 23.7 Å². The molecule has 1 aliphatic carbocycles. The van der Waals surface area contributed by atoms with E-state index in [-0.39, 0.29) is 35.1 Å². The lowest BCUT2D eigenvalue weighted by Gasteiger charge is -2.18. The first-order chi connectivity index (χ1) is 12.1. The molecule has 0 spiro atoms. The van der Waals surface area contributed by atoms with Crippen molar-refractivity contribution in [3.63, 3.8) is 0 Å². The SMILES string of the molecule is C[C@@H]1C(=O)O[C@@H](O/C=C2/C(=O)O[C@H]3C=CC[C@@H]23)[C@@H]1Sc1ccccc1. The number of allylic oxidation sites excluding steroid dienone is 1. The van der Waals surface area contributed by atoms with E-state index in [1.54, 1.807) is 11.8 Å². The molecule has 2 fully saturated rings. The summed E-state index contributed by atoms with van der Waals surface area (Å²) in [5.41, 5.74) is 0.508. The number of carbonyl (C=O) groups excluding carboxylic acids is 2. The first-order valence-electron chi connectivity index (χ1n) is 8.29. The molecular weight excluding hydrogens is 340 g/mol. The van der Waals surface area contributed by atoms with Gasteiger partial charge in [0.2, 0.25) is 0 Å². The molecule has 5 nitrogen and oxygen atoms in total. The van der Waals surface area contributed by atoms with Gasteiger partial charge in [-0.15, -0.1) is 11.8 Å². The maximum absolute atomic E-state index is 12.0. The maximum Gasteiger partial charge on any atom is 0.338 e. The number of thioether (sulfide) groups is 1. The molecule has 3 aliphatic rings. The number of benzene rings is 1. The van der Waals surface area contributed by atoms with Crippen LogP contribution in [0.1, 0.15) is 13.3 Å². The van der Waals surface area contributed by atoms with Crippen molar-refractivity contribution in [1.82, 2.24) is 0 Å². The zero-order valence-corrected chi connectivity index (χ0v) is 14.5. The van der Waals surface area contributed by atoms with Crippen LogP contribution in [0.4, 0.5) is 0 Å². The van der Waals surface area contributed by atoms with Crippen molar-refractivity contribution in [2.75, 3.05) is 0 Å². The summed E-state index contributed by atoms with van der Waals surface area (Å²) in [5, 5.41) is -0.179. The molecule has 0 amide bonds. The van der Waals surface area contributed by atoms with E-state index in [0.29, 0.717) is 5.57 Å². The number of esters is 2. The summed E-state index contributed by atoms with van der Waals surface area (Å²) < 4.78 is 16.4. The van der Waals surface area contributed by atoms with Crippen LogP contribution in [0.25, 0.3) is 0 Å². The molecule has 0 unspecified atom stereocenters. The summed E-state index contributed by atoms with van der Waals surface area (Å²) in [7, 11) is 0. The van der Waals surface area contributed by atoms with E-state index >= 15 is 0 Å². The Morgan fingerprint density at radius 2 is 2.00 bits per heavy atom. The molecule has 2 saturated heterocycles. The molecule has 4 rings (SSSR count). The van der Waals surface area contributed by atoms with Gasteiger partial charge in [-0.05, 0) is 24.6 Å². The van der Waals surface area contributed by atoms with E-state index in [1.165, 1.54) is 6.26 Å². The number of fused-ring (bicyclic) bond motifs is 1. The van der Waals surface area contributed by atoms with Crippen molar-refractivity contribution in [2.24, 2.45) is 11.8 Å². The van der Waals surface area contributed by atoms with Crippen LogP contribution in [0.15, 0.2) is 59.2 Å². The zero-order chi connectivity index (χ0) is 17.4. The van der Waals surface area contributed by atoms with Crippen molar-refractivity contribution < 1.29 is 23.8 Å². The molecule has 6 heteroatoms. The van der Waals surface area contributed by atoms with Gasteiger partial charge in [-0.1, -0.05) is 31.2 Å². The van der Waals surface area contributed by atoms with Crippen LogP contribution in [-0.4, -0.2) is 29.6 Å². The summed E-state index contributed by atoms with van der Waals surface area (Å²) in [4.78, 5) is 25.0. The molecule has 130 valence electrons. The van der Waals surface area contributed by atoms with Gasteiger partial charge < -0.3 is 14.2 Å². The molecular formula is C19H18O5S. The Kier molecular flexibility index (Phi) is 4.29. The molecule has 1 aromatic carbocycles. The normalized spacial score (nSPS) is 34.9. The second-order valence-corrected chi connectivity index (χ2v) is 7.59. The van der Waals surface area contributed by atoms with Crippen LogP contribution in [-0.2, 0) is 23.8 Å². The van der Waals surface area contributed by atoms with Crippen LogP contribution >= 0.6 is 11.8 Å². The highest BCUT2D eigenvalue weighted by molar-refractivity contribution is 8.00. The Hall–Kier alpha value is -2.21. The minimum absolute atomic E-state index is 0.00209. The van der Waals surface area contributed by atoms with E-state index in [0.717, 1.165) is 11.3 Å². The topological polar surface area (TPSA) is 61.8 Å². The monoisotopic (exact) mass is 358 g/mol. The Morgan fingerprint density at radius 1 is 1.20 bits per heavy atom. The van der Waals surface area contributed by atoms with Gasteiger partial charge in [0.25, 0.3) is 6.29 Å². The molecule has 25 heavy (non-hydrogen) atoms. The van der Waals surface area contributed by atoms with Crippen LogP contribution in [0.2, 0.25) is 0 Å². The largest absolute Gasteiger partial charge is 0.461 e. The van der Waals surface area contributed by atoms with Gasteiger partial charge in [0.15, 0.2) is 0 Å². The number of rotatable bonds is 4. The van der Waals surface area contributed by atoms with Crippen LogP contribution < -0.4 is 0 Å². The molecule has 0 bridgehead atoms. The molecule has 2 heterocycles. The van der Waals surface area contributed by atoms with Gasteiger partial charge in [-0.3, -0.25) is 4.79 Å². The molecule has 0 N–H and O–H groups in total. The summed E-state index contributed by atoms with van der Waals surface area (Å²) >= 11 is 1.55. The third-order valence-electron chi connectivity index (χ3n) is 4.70. The Bertz CT molecular complexity index is 741. The molecule has 2 aliphatic heterocycles. The second kappa shape index (κ2) is 6.59. The van der Waals surface area contributed by atoms with Gasteiger partial charge in [-0.25, -0.2) is 4.79 Å². The first kappa shape index (κ1) is 16.3. The predicted molar refractivity (Wildman–Crippen MR) is 91.4 cm³/mol. The van der Waals surface area contributed by atoms with Crippen molar-refractivity contribution in [1.29, 1.82) is 0 Å². The Morgan fingerprint density at radius 3 is 2.80 bits per heavy atom. The maximum atomic E-state index is 12.0. The number of cyclic esters (lactones) is 1. The van der Waals surface area contributed by atoms with E-state index in [1.807, 2.05) is 49.4 Å². The Balaban J connectivity index is 1.49. The molecule has 5 atom stereocenters. The number of carbonyl (C=O) groups is 2. The molecule has 0 saturated carbocycles. The van der Waals surface area contributed by atoms with Gasteiger partial charge in [0.05, 0.1) is 23.0 Å². The van der Waals surface area contributed by atoms with E-state index < -0.39 is 6.29 Å². The fourth-order valence-corrected chi connectivity index (χ4v) is 4.42. The van der Waals surface area contributed by atoms with Gasteiger partial charge in [0, 0.05) is 10.8 Å². The van der Waals surface area contributed by atoms with Gasteiger partial charge >= 0.3 is 11.9 Å². The van der Waals surface area contributed by atoms with Crippen LogP contribution in [0.3, 0.4) is 0 Å². The fourth-order valence-electron chi connectivity index (χ4n) is 3.25.